The smallest absolute Gasteiger partial charge is 0.260 e. The summed E-state index contributed by atoms with van der Waals surface area (Å²) in [5.74, 6) is 0.422. The molecule has 0 aliphatic rings. The maximum atomic E-state index is 11.6. The molecule has 0 aromatic heterocycles. The van der Waals surface area contributed by atoms with Crippen molar-refractivity contribution in [1.82, 2.24) is 4.90 Å². The van der Waals surface area contributed by atoms with Crippen LogP contribution >= 0.6 is 0 Å². The van der Waals surface area contributed by atoms with Gasteiger partial charge in [0.15, 0.2) is 6.61 Å². The van der Waals surface area contributed by atoms with Crippen molar-refractivity contribution in [3.8, 4) is 5.75 Å². The van der Waals surface area contributed by atoms with E-state index in [9.17, 15) is 4.79 Å². The molecule has 0 unspecified atom stereocenters. The van der Waals surface area contributed by atoms with Crippen LogP contribution in [0, 0.1) is 0 Å². The molecular weight excluding hydrogens is 220 g/mol. The number of para-hydroxylation sites is 2. The van der Waals surface area contributed by atoms with Crippen LogP contribution in [-0.2, 0) is 9.53 Å². The number of methoxy groups -OCH3 is 1. The first-order valence-corrected chi connectivity index (χ1v) is 5.35. The van der Waals surface area contributed by atoms with Crippen molar-refractivity contribution in [3.63, 3.8) is 0 Å². The van der Waals surface area contributed by atoms with E-state index < -0.39 is 0 Å². The summed E-state index contributed by atoms with van der Waals surface area (Å²) in [6, 6.07) is 7.09. The average molecular weight is 238 g/mol. The lowest BCUT2D eigenvalue weighted by Gasteiger charge is -2.17. The summed E-state index contributed by atoms with van der Waals surface area (Å²) in [4.78, 5) is 13.2. The molecule has 0 saturated carbocycles. The van der Waals surface area contributed by atoms with Gasteiger partial charge in [-0.1, -0.05) is 12.1 Å². The summed E-state index contributed by atoms with van der Waals surface area (Å²) < 4.78 is 10.2. The molecule has 17 heavy (non-hydrogen) atoms. The fraction of sp³-hybridized carbons (Fsp3) is 0.417. The summed E-state index contributed by atoms with van der Waals surface area (Å²) in [7, 11) is 3.30. The first kappa shape index (κ1) is 13.3. The molecule has 0 aliphatic carbocycles. The fourth-order valence-electron chi connectivity index (χ4n) is 1.21. The van der Waals surface area contributed by atoms with E-state index in [0.717, 1.165) is 0 Å². The van der Waals surface area contributed by atoms with Crippen LogP contribution in [0.3, 0.4) is 0 Å². The van der Waals surface area contributed by atoms with Gasteiger partial charge in [0.2, 0.25) is 0 Å². The Bertz CT molecular complexity index is 369. The van der Waals surface area contributed by atoms with Crippen LogP contribution in [0.5, 0.6) is 5.75 Å². The van der Waals surface area contributed by atoms with Gasteiger partial charge in [-0.15, -0.1) is 0 Å². The number of carbonyl (C=O) groups is 1. The maximum absolute atomic E-state index is 11.6. The zero-order chi connectivity index (χ0) is 12.7. The Morgan fingerprint density at radius 1 is 1.41 bits per heavy atom. The molecule has 94 valence electrons. The summed E-state index contributed by atoms with van der Waals surface area (Å²) in [6.45, 7) is 1.03. The first-order valence-electron chi connectivity index (χ1n) is 5.35. The van der Waals surface area contributed by atoms with Crippen LogP contribution < -0.4 is 10.5 Å². The Morgan fingerprint density at radius 2 is 2.12 bits per heavy atom. The van der Waals surface area contributed by atoms with Crippen LogP contribution in [0.15, 0.2) is 24.3 Å². The molecule has 0 heterocycles. The second-order valence-corrected chi connectivity index (χ2v) is 3.63. The largest absolute Gasteiger partial charge is 0.482 e. The number of nitrogens with zero attached hydrogens (tertiary/aromatic N) is 1. The number of nitrogens with two attached hydrogens (primary N) is 1. The van der Waals surface area contributed by atoms with E-state index in [1.54, 1.807) is 31.2 Å². The number of amides is 1. The van der Waals surface area contributed by atoms with E-state index in [0.29, 0.717) is 24.6 Å². The zero-order valence-electron chi connectivity index (χ0n) is 10.2. The van der Waals surface area contributed by atoms with Gasteiger partial charge >= 0.3 is 0 Å². The van der Waals surface area contributed by atoms with Gasteiger partial charge in [-0.3, -0.25) is 4.79 Å². The predicted octanol–water partition coefficient (Wildman–Crippen LogP) is 0.752. The number of hydrogen-bond acceptors (Lipinski definition) is 4. The number of benzene rings is 1. The molecule has 0 radical (unpaired) electrons. The third-order valence-electron chi connectivity index (χ3n) is 2.33. The van der Waals surface area contributed by atoms with Crippen molar-refractivity contribution in [2.24, 2.45) is 0 Å². The maximum Gasteiger partial charge on any atom is 0.260 e. The number of rotatable bonds is 6. The molecule has 0 aliphatic heterocycles. The lowest BCUT2D eigenvalue weighted by Crippen LogP contribution is -2.33. The Labute approximate surface area is 101 Å². The Balaban J connectivity index is 2.40. The quantitative estimate of drug-likeness (QED) is 0.743. The molecule has 0 saturated heterocycles. The minimum absolute atomic E-state index is 0.0194. The normalized spacial score (nSPS) is 10.0. The molecule has 0 atom stereocenters. The van der Waals surface area contributed by atoms with E-state index >= 15 is 0 Å². The van der Waals surface area contributed by atoms with Gasteiger partial charge in [0.25, 0.3) is 5.91 Å². The first-order chi connectivity index (χ1) is 8.15. The van der Waals surface area contributed by atoms with Gasteiger partial charge in [-0.2, -0.15) is 0 Å². The molecule has 1 amide bonds. The van der Waals surface area contributed by atoms with E-state index in [1.807, 2.05) is 12.1 Å². The standard InChI is InChI=1S/C12H18N2O3/c1-14(7-8-16-2)12(15)9-17-11-6-4-3-5-10(11)13/h3-6H,7-9,13H2,1-2H3. The summed E-state index contributed by atoms with van der Waals surface area (Å²) >= 11 is 0. The van der Waals surface area contributed by atoms with Gasteiger partial charge in [-0.05, 0) is 12.1 Å². The van der Waals surface area contributed by atoms with Crippen molar-refractivity contribution >= 4 is 11.6 Å². The Kier molecular flexibility index (Phi) is 5.29. The van der Waals surface area contributed by atoms with Gasteiger partial charge in [0, 0.05) is 20.7 Å². The van der Waals surface area contributed by atoms with Gasteiger partial charge in [0.1, 0.15) is 5.75 Å². The summed E-state index contributed by atoms with van der Waals surface area (Å²) in [6.07, 6.45) is 0. The van der Waals surface area contributed by atoms with E-state index in [-0.39, 0.29) is 12.5 Å². The molecule has 2 N–H and O–H groups in total. The van der Waals surface area contributed by atoms with Gasteiger partial charge in [0.05, 0.1) is 12.3 Å². The lowest BCUT2D eigenvalue weighted by atomic mass is 10.3. The highest BCUT2D eigenvalue weighted by Gasteiger charge is 2.09. The number of carbonyl (C=O) groups excluding carboxylic acids is 1. The summed E-state index contributed by atoms with van der Waals surface area (Å²) in [5, 5.41) is 0. The molecule has 0 fully saturated rings. The molecule has 0 spiro atoms. The minimum Gasteiger partial charge on any atom is -0.482 e. The molecular formula is C12H18N2O3. The lowest BCUT2D eigenvalue weighted by molar-refractivity contribution is -0.132. The zero-order valence-corrected chi connectivity index (χ0v) is 10.2. The molecule has 1 aromatic carbocycles. The van der Waals surface area contributed by atoms with Crippen LogP contribution in [0.25, 0.3) is 0 Å². The molecule has 1 rings (SSSR count). The Hall–Kier alpha value is -1.75. The average Bonchev–Trinajstić information content (AvgIpc) is 2.34. The molecule has 5 heteroatoms. The monoisotopic (exact) mass is 238 g/mol. The van der Waals surface area contributed by atoms with Crippen LogP contribution in [0.4, 0.5) is 5.69 Å². The topological polar surface area (TPSA) is 64.8 Å². The second kappa shape index (κ2) is 6.75. The van der Waals surface area contributed by atoms with Crippen molar-refractivity contribution < 1.29 is 14.3 Å². The third-order valence-corrected chi connectivity index (χ3v) is 2.33. The van der Waals surface area contributed by atoms with Crippen molar-refractivity contribution in [3.05, 3.63) is 24.3 Å². The van der Waals surface area contributed by atoms with Crippen molar-refractivity contribution in [2.45, 2.75) is 0 Å². The van der Waals surface area contributed by atoms with E-state index in [2.05, 4.69) is 0 Å². The fourth-order valence-corrected chi connectivity index (χ4v) is 1.21. The van der Waals surface area contributed by atoms with E-state index in [1.165, 1.54) is 0 Å². The van der Waals surface area contributed by atoms with Crippen molar-refractivity contribution in [1.29, 1.82) is 0 Å². The predicted molar refractivity (Wildman–Crippen MR) is 65.9 cm³/mol. The highest BCUT2D eigenvalue weighted by atomic mass is 16.5. The second-order valence-electron chi connectivity index (χ2n) is 3.63. The number of nitrogen functional groups attached to an aromatic ring is 1. The van der Waals surface area contributed by atoms with Crippen LogP contribution in [-0.4, -0.2) is 44.7 Å². The number of likely N-dealkylation sites (N-methyl/N-ethyl adjacent to an activating group) is 1. The SMILES string of the molecule is COCCN(C)C(=O)COc1ccccc1N. The van der Waals surface area contributed by atoms with Crippen LogP contribution in [0.2, 0.25) is 0 Å². The van der Waals surface area contributed by atoms with Crippen LogP contribution in [0.1, 0.15) is 0 Å². The Morgan fingerprint density at radius 3 is 2.76 bits per heavy atom. The molecule has 5 nitrogen and oxygen atoms in total. The highest BCUT2D eigenvalue weighted by Crippen LogP contribution is 2.19. The number of ether oxygens (including phenoxy) is 2. The van der Waals surface area contributed by atoms with Gasteiger partial charge in [-0.25, -0.2) is 0 Å². The minimum atomic E-state index is -0.106. The third kappa shape index (κ3) is 4.32. The van der Waals surface area contributed by atoms with E-state index in [4.69, 9.17) is 15.2 Å². The molecule has 1 aromatic rings. The number of anilines is 1. The highest BCUT2D eigenvalue weighted by molar-refractivity contribution is 5.77. The van der Waals surface area contributed by atoms with Crippen molar-refractivity contribution in [2.75, 3.05) is 39.6 Å². The summed E-state index contributed by atoms with van der Waals surface area (Å²) in [5.41, 5.74) is 6.22. The number of hydrogen-bond donors (Lipinski definition) is 1. The molecule has 0 bridgehead atoms. The van der Waals surface area contributed by atoms with Gasteiger partial charge < -0.3 is 20.1 Å².